The Morgan fingerprint density at radius 1 is 1.39 bits per heavy atom. The number of nitrogens with one attached hydrogen (secondary N) is 2. The Hall–Kier alpha value is -2.03. The quantitative estimate of drug-likeness (QED) is 0.825. The van der Waals surface area contributed by atoms with Crippen LogP contribution in [0.15, 0.2) is 18.2 Å². The molecule has 0 radical (unpaired) electrons. The molecule has 0 aliphatic carbocycles. The van der Waals surface area contributed by atoms with Gasteiger partial charge in [-0.05, 0) is 50.0 Å². The molecule has 120 valence electrons. The summed E-state index contributed by atoms with van der Waals surface area (Å²) in [5.74, 6) is 3.08. The Bertz CT molecular complexity index is 770. The van der Waals surface area contributed by atoms with Gasteiger partial charge in [-0.2, -0.15) is 5.10 Å². The van der Waals surface area contributed by atoms with Crippen LogP contribution in [-0.4, -0.2) is 46.7 Å². The number of benzene rings is 1. The van der Waals surface area contributed by atoms with E-state index in [-0.39, 0.29) is 24.4 Å². The lowest BCUT2D eigenvalue weighted by Gasteiger charge is -2.44. The maximum absolute atomic E-state index is 12.6. The highest BCUT2D eigenvalue weighted by atomic mass is 35.5. The molecule has 1 atom stereocenters. The molecule has 3 aliphatic rings. The molecule has 4 heterocycles. The first-order valence-electron chi connectivity index (χ1n) is 7.72. The van der Waals surface area contributed by atoms with Crippen LogP contribution in [-0.2, 0) is 0 Å². The van der Waals surface area contributed by atoms with Gasteiger partial charge in [-0.1, -0.05) is 5.92 Å². The number of H-pyrrole nitrogens is 1. The first kappa shape index (κ1) is 15.9. The number of halogens is 1. The van der Waals surface area contributed by atoms with Crippen LogP contribution < -0.4 is 5.32 Å². The number of carbonyl (C=O) groups excluding carboxylic acids is 1. The van der Waals surface area contributed by atoms with Gasteiger partial charge in [0.25, 0.3) is 5.91 Å². The number of hydrogen-bond donors (Lipinski definition) is 2. The minimum atomic E-state index is -0.112. The number of terminal acetylenes is 1. The van der Waals surface area contributed by atoms with Gasteiger partial charge in [-0.15, -0.1) is 18.8 Å². The average molecular weight is 331 g/mol. The van der Waals surface area contributed by atoms with Gasteiger partial charge in [0.15, 0.2) is 5.69 Å². The predicted molar refractivity (Wildman–Crippen MR) is 91.7 cm³/mol. The molecular weight excluding hydrogens is 312 g/mol. The number of amides is 1. The number of aromatic nitrogens is 2. The van der Waals surface area contributed by atoms with Crippen molar-refractivity contribution in [3.05, 3.63) is 29.5 Å². The molecule has 0 unspecified atom stereocenters. The predicted octanol–water partition coefficient (Wildman–Crippen LogP) is 1.79. The summed E-state index contributed by atoms with van der Waals surface area (Å²) < 4.78 is 0. The molecule has 3 saturated heterocycles. The van der Waals surface area contributed by atoms with Gasteiger partial charge in [-0.25, -0.2) is 0 Å². The third-order valence-electron chi connectivity index (χ3n) is 4.92. The number of nitrogens with zero attached hydrogens (tertiary/aromatic N) is 2. The van der Waals surface area contributed by atoms with E-state index >= 15 is 0 Å². The van der Waals surface area contributed by atoms with Crippen molar-refractivity contribution >= 4 is 29.2 Å². The van der Waals surface area contributed by atoms with Crippen LogP contribution in [0.3, 0.4) is 0 Å². The van der Waals surface area contributed by atoms with Crippen molar-refractivity contribution < 1.29 is 4.79 Å². The van der Waals surface area contributed by atoms with Gasteiger partial charge in [0.1, 0.15) is 0 Å². The van der Waals surface area contributed by atoms with Gasteiger partial charge >= 0.3 is 0 Å². The Morgan fingerprint density at radius 3 is 2.83 bits per heavy atom. The molecule has 1 aromatic heterocycles. The second kappa shape index (κ2) is 6.23. The minimum absolute atomic E-state index is 0. The summed E-state index contributed by atoms with van der Waals surface area (Å²) in [6, 6.07) is 5.78. The second-order valence-electron chi connectivity index (χ2n) is 6.19. The first-order chi connectivity index (χ1) is 10.7. The topological polar surface area (TPSA) is 61.0 Å². The van der Waals surface area contributed by atoms with E-state index in [0.29, 0.717) is 11.6 Å². The van der Waals surface area contributed by atoms with Crippen molar-refractivity contribution in [2.75, 3.05) is 19.6 Å². The number of rotatable bonds is 2. The Morgan fingerprint density at radius 2 is 2.17 bits per heavy atom. The largest absolute Gasteiger partial charge is 0.346 e. The highest BCUT2D eigenvalue weighted by molar-refractivity contribution is 6.05. The first-order valence-corrected chi connectivity index (χ1v) is 7.72. The summed E-state index contributed by atoms with van der Waals surface area (Å²) in [7, 11) is 0. The highest BCUT2D eigenvalue weighted by Gasteiger charge is 2.35. The molecule has 23 heavy (non-hydrogen) atoms. The molecule has 0 spiro atoms. The molecule has 0 saturated carbocycles. The van der Waals surface area contributed by atoms with E-state index < -0.39 is 0 Å². The molecule has 3 aliphatic heterocycles. The van der Waals surface area contributed by atoms with Crippen molar-refractivity contribution in [3.8, 4) is 12.3 Å². The van der Waals surface area contributed by atoms with Crippen LogP contribution in [0.4, 0.5) is 0 Å². The summed E-state index contributed by atoms with van der Waals surface area (Å²) in [6.45, 7) is 3.27. The van der Waals surface area contributed by atoms with Crippen molar-refractivity contribution in [1.82, 2.24) is 20.4 Å². The summed E-state index contributed by atoms with van der Waals surface area (Å²) >= 11 is 0. The summed E-state index contributed by atoms with van der Waals surface area (Å²) in [4.78, 5) is 15.0. The number of fused-ring (bicyclic) bond motifs is 4. The van der Waals surface area contributed by atoms with E-state index in [2.05, 4.69) is 26.3 Å². The zero-order valence-corrected chi connectivity index (χ0v) is 13.5. The van der Waals surface area contributed by atoms with Crippen LogP contribution in [0.5, 0.6) is 0 Å². The fourth-order valence-electron chi connectivity index (χ4n) is 3.64. The van der Waals surface area contributed by atoms with E-state index in [9.17, 15) is 4.79 Å². The fourth-order valence-corrected chi connectivity index (χ4v) is 3.64. The summed E-state index contributed by atoms with van der Waals surface area (Å²) in [5.41, 5.74) is 2.02. The monoisotopic (exact) mass is 330 g/mol. The van der Waals surface area contributed by atoms with Crippen LogP contribution in [0.2, 0.25) is 0 Å². The van der Waals surface area contributed by atoms with E-state index in [0.717, 1.165) is 36.1 Å². The van der Waals surface area contributed by atoms with Crippen molar-refractivity contribution in [1.29, 1.82) is 0 Å². The van der Waals surface area contributed by atoms with Crippen molar-refractivity contribution in [2.45, 2.75) is 18.9 Å². The third-order valence-corrected chi connectivity index (χ3v) is 4.92. The van der Waals surface area contributed by atoms with Crippen LogP contribution in [0.25, 0.3) is 10.9 Å². The zero-order valence-electron chi connectivity index (χ0n) is 12.7. The SMILES string of the molecule is C#Cc1ccc2[nH]nc(C(=O)N[C@H]3CN4CCC3CC4)c2c1.Cl. The lowest BCUT2D eigenvalue weighted by Crippen LogP contribution is -2.57. The lowest BCUT2D eigenvalue weighted by atomic mass is 9.84. The molecular formula is C17H19ClN4O. The number of aromatic amines is 1. The summed E-state index contributed by atoms with van der Waals surface area (Å²) in [6.07, 6.45) is 7.79. The third kappa shape index (κ3) is 2.80. The molecule has 3 fully saturated rings. The van der Waals surface area contributed by atoms with Gasteiger partial charge in [-0.3, -0.25) is 9.89 Å². The van der Waals surface area contributed by atoms with Crippen LogP contribution in [0.1, 0.15) is 28.9 Å². The minimum Gasteiger partial charge on any atom is -0.346 e. The van der Waals surface area contributed by atoms with Gasteiger partial charge < -0.3 is 10.2 Å². The zero-order chi connectivity index (χ0) is 15.1. The van der Waals surface area contributed by atoms with Crippen LogP contribution in [0, 0.1) is 18.3 Å². The van der Waals surface area contributed by atoms with E-state index in [1.807, 2.05) is 18.2 Å². The second-order valence-corrected chi connectivity index (χ2v) is 6.19. The highest BCUT2D eigenvalue weighted by Crippen LogP contribution is 2.28. The number of piperidine rings is 3. The van der Waals surface area contributed by atoms with E-state index in [1.54, 1.807) is 0 Å². The normalized spacial score (nSPS) is 25.6. The molecule has 5 rings (SSSR count). The molecule has 2 bridgehead atoms. The molecule has 1 aromatic carbocycles. The number of carbonyl (C=O) groups is 1. The Labute approximate surface area is 141 Å². The van der Waals surface area contributed by atoms with Gasteiger partial charge in [0.2, 0.25) is 0 Å². The maximum atomic E-state index is 12.6. The van der Waals surface area contributed by atoms with E-state index in [4.69, 9.17) is 6.42 Å². The van der Waals surface area contributed by atoms with Gasteiger partial charge in [0.05, 0.1) is 5.52 Å². The van der Waals surface area contributed by atoms with Crippen LogP contribution >= 0.6 is 12.4 Å². The summed E-state index contributed by atoms with van der Waals surface area (Å²) in [5, 5.41) is 11.0. The Kier molecular flexibility index (Phi) is 4.29. The van der Waals surface area contributed by atoms with Crippen molar-refractivity contribution in [3.63, 3.8) is 0 Å². The number of hydrogen-bond acceptors (Lipinski definition) is 3. The maximum Gasteiger partial charge on any atom is 0.272 e. The average Bonchev–Trinajstić information content (AvgIpc) is 2.99. The molecule has 2 aromatic rings. The van der Waals surface area contributed by atoms with E-state index in [1.165, 1.54) is 12.8 Å². The smallest absolute Gasteiger partial charge is 0.272 e. The molecule has 5 nitrogen and oxygen atoms in total. The molecule has 6 heteroatoms. The lowest BCUT2D eigenvalue weighted by molar-refractivity contribution is 0.0618. The van der Waals surface area contributed by atoms with Crippen molar-refractivity contribution in [2.24, 2.45) is 5.92 Å². The molecule has 2 N–H and O–H groups in total. The Balaban J connectivity index is 0.00000156. The standard InChI is InChI=1S/C17H18N4O.ClH/c1-2-11-3-4-14-13(9-11)16(20-19-14)17(22)18-15-10-21-7-5-12(15)6-8-21;/h1,3-4,9,12,15H,5-8,10H2,(H,18,22)(H,19,20);1H/t15-;/m0./s1. The fraction of sp³-hybridized carbons (Fsp3) is 0.412. The molecule has 1 amide bonds. The van der Waals surface area contributed by atoms with Gasteiger partial charge in [0, 0.05) is 23.5 Å².